The summed E-state index contributed by atoms with van der Waals surface area (Å²) in [5, 5.41) is 2.14. The molecular formula is C23H17BrClN. The summed E-state index contributed by atoms with van der Waals surface area (Å²) in [6, 6.07) is 23.3. The van der Waals surface area contributed by atoms with Crippen LogP contribution in [0, 0.1) is 0 Å². The van der Waals surface area contributed by atoms with Gasteiger partial charge in [0.25, 0.3) is 0 Å². The highest BCUT2D eigenvalue weighted by atomic mass is 79.9. The van der Waals surface area contributed by atoms with Crippen LogP contribution in [0.15, 0.2) is 71.3 Å². The van der Waals surface area contributed by atoms with E-state index in [1.54, 1.807) is 0 Å². The topological polar surface area (TPSA) is 4.93 Å². The second-order valence-corrected chi connectivity index (χ2v) is 8.48. The third kappa shape index (κ3) is 1.97. The first-order chi connectivity index (χ1) is 12.5. The molecule has 26 heavy (non-hydrogen) atoms. The lowest BCUT2D eigenvalue weighted by atomic mass is 9.70. The predicted molar refractivity (Wildman–Crippen MR) is 114 cm³/mol. The molecule has 0 radical (unpaired) electrons. The van der Waals surface area contributed by atoms with E-state index in [1.165, 1.54) is 33.2 Å². The van der Waals surface area contributed by atoms with Crippen LogP contribution in [0.1, 0.15) is 25.0 Å². The van der Waals surface area contributed by atoms with Crippen molar-refractivity contribution < 1.29 is 0 Å². The minimum atomic E-state index is -0.150. The fourth-order valence-corrected chi connectivity index (χ4v) is 5.63. The third-order valence-electron chi connectivity index (χ3n) is 5.53. The number of nitrogens with zero attached hydrogens (tertiary/aromatic N) is 1. The van der Waals surface area contributed by atoms with Crippen LogP contribution in [0.5, 0.6) is 0 Å². The molecule has 1 aliphatic carbocycles. The predicted octanol–water partition coefficient (Wildman–Crippen LogP) is 7.35. The van der Waals surface area contributed by atoms with Crippen LogP contribution < -0.4 is 0 Å². The fourth-order valence-electron chi connectivity index (χ4n) is 4.41. The summed E-state index contributed by atoms with van der Waals surface area (Å²) < 4.78 is 3.37. The molecule has 128 valence electrons. The molecule has 0 saturated carbocycles. The summed E-state index contributed by atoms with van der Waals surface area (Å²) in [7, 11) is 0. The molecule has 0 unspecified atom stereocenters. The van der Waals surface area contributed by atoms with Gasteiger partial charge in [-0.15, -0.1) is 0 Å². The first kappa shape index (κ1) is 16.2. The molecule has 0 bridgehead atoms. The lowest BCUT2D eigenvalue weighted by Gasteiger charge is -2.34. The van der Waals surface area contributed by atoms with Crippen LogP contribution in [0.2, 0.25) is 5.02 Å². The van der Waals surface area contributed by atoms with Gasteiger partial charge in [0.2, 0.25) is 0 Å². The van der Waals surface area contributed by atoms with E-state index in [2.05, 4.69) is 82.9 Å². The minimum Gasteiger partial charge on any atom is -0.303 e. The molecule has 0 N–H and O–H groups in total. The lowest BCUT2D eigenvalue weighted by molar-refractivity contribution is 0.645. The highest BCUT2D eigenvalue weighted by molar-refractivity contribution is 9.10. The zero-order chi connectivity index (χ0) is 18.1. The van der Waals surface area contributed by atoms with Gasteiger partial charge in [0.1, 0.15) is 0 Å². The van der Waals surface area contributed by atoms with E-state index < -0.39 is 0 Å². The Hall–Kier alpha value is -2.03. The molecule has 0 spiro atoms. The zero-order valence-corrected chi connectivity index (χ0v) is 16.9. The largest absolute Gasteiger partial charge is 0.303 e. The van der Waals surface area contributed by atoms with E-state index in [4.69, 9.17) is 11.6 Å². The lowest BCUT2D eigenvalue weighted by Crippen LogP contribution is -2.23. The highest BCUT2D eigenvalue weighted by Gasteiger charge is 2.37. The average molecular weight is 423 g/mol. The second-order valence-electron chi connectivity index (χ2n) is 7.32. The Morgan fingerprint density at radius 3 is 2.38 bits per heavy atom. The molecule has 0 atom stereocenters. The number of para-hydroxylation sites is 1. The van der Waals surface area contributed by atoms with E-state index in [9.17, 15) is 0 Å². The Balaban J connectivity index is 2.02. The first-order valence-corrected chi connectivity index (χ1v) is 9.87. The maximum Gasteiger partial charge on any atom is 0.0983 e. The maximum atomic E-state index is 6.68. The Labute approximate surface area is 166 Å². The van der Waals surface area contributed by atoms with Gasteiger partial charge in [-0.2, -0.15) is 0 Å². The van der Waals surface area contributed by atoms with Crippen LogP contribution in [0.25, 0.3) is 27.7 Å². The molecule has 0 aliphatic heterocycles. The second kappa shape index (κ2) is 5.48. The van der Waals surface area contributed by atoms with Crippen molar-refractivity contribution in [3.05, 3.63) is 87.5 Å². The van der Waals surface area contributed by atoms with Crippen molar-refractivity contribution in [3.63, 3.8) is 0 Å². The third-order valence-corrected chi connectivity index (χ3v) is 6.60. The van der Waals surface area contributed by atoms with Crippen molar-refractivity contribution >= 4 is 38.4 Å². The number of aromatic nitrogens is 1. The Morgan fingerprint density at radius 2 is 1.62 bits per heavy atom. The van der Waals surface area contributed by atoms with Gasteiger partial charge in [0.05, 0.1) is 10.1 Å². The molecule has 1 heterocycles. The molecule has 3 heteroatoms. The highest BCUT2D eigenvalue weighted by Crippen LogP contribution is 2.54. The van der Waals surface area contributed by atoms with Crippen LogP contribution in [0.4, 0.5) is 0 Å². The molecule has 0 saturated heterocycles. The summed E-state index contributed by atoms with van der Waals surface area (Å²) in [6.07, 6.45) is 0. The Bertz CT molecular complexity index is 1170. The molecule has 0 amide bonds. The summed E-state index contributed by atoms with van der Waals surface area (Å²) in [5.74, 6) is 0. The summed E-state index contributed by atoms with van der Waals surface area (Å²) in [6.45, 7) is 4.53. The van der Waals surface area contributed by atoms with Crippen molar-refractivity contribution in [2.24, 2.45) is 0 Å². The Kier molecular flexibility index (Phi) is 3.41. The maximum absolute atomic E-state index is 6.68. The van der Waals surface area contributed by atoms with Crippen LogP contribution in [-0.4, -0.2) is 4.57 Å². The standard InChI is InChI=1S/C23H17BrClN/c1-23(2)16-11-7-13-18-20(16)19(15-10-6-12-17(25)21(15)23)22(24)26(18)14-8-4-3-5-9-14/h3-13H,1-2H3. The van der Waals surface area contributed by atoms with Gasteiger partial charge in [-0.05, 0) is 56.9 Å². The van der Waals surface area contributed by atoms with Crippen LogP contribution >= 0.6 is 27.5 Å². The van der Waals surface area contributed by atoms with Crippen molar-refractivity contribution in [2.75, 3.05) is 0 Å². The zero-order valence-electron chi connectivity index (χ0n) is 14.6. The number of rotatable bonds is 1. The summed E-state index contributed by atoms with van der Waals surface area (Å²) in [4.78, 5) is 0. The number of halogens is 2. The molecule has 0 fully saturated rings. The smallest absolute Gasteiger partial charge is 0.0983 e. The van der Waals surface area contributed by atoms with E-state index in [1.807, 2.05) is 18.2 Å². The van der Waals surface area contributed by atoms with Gasteiger partial charge >= 0.3 is 0 Å². The fraction of sp³-hybridized carbons (Fsp3) is 0.130. The first-order valence-electron chi connectivity index (χ1n) is 8.70. The normalized spacial score (nSPS) is 14.5. The van der Waals surface area contributed by atoms with Crippen LogP contribution in [0.3, 0.4) is 0 Å². The molecule has 1 aliphatic rings. The molecular weight excluding hydrogens is 406 g/mol. The van der Waals surface area contributed by atoms with Gasteiger partial charge in [0.15, 0.2) is 0 Å². The van der Waals surface area contributed by atoms with Crippen molar-refractivity contribution in [1.82, 2.24) is 4.57 Å². The van der Waals surface area contributed by atoms with Gasteiger partial charge in [-0.3, -0.25) is 0 Å². The van der Waals surface area contributed by atoms with E-state index >= 15 is 0 Å². The van der Waals surface area contributed by atoms with E-state index in [0.29, 0.717) is 0 Å². The van der Waals surface area contributed by atoms with E-state index in [0.717, 1.165) is 15.3 Å². The van der Waals surface area contributed by atoms with Crippen molar-refractivity contribution in [1.29, 1.82) is 0 Å². The SMILES string of the molecule is CC1(C)c2c(Cl)cccc2-c2c(Br)n(-c3ccccc3)c3cccc1c23. The number of fused-ring (bicyclic) bond motifs is 2. The molecule has 1 aromatic heterocycles. The number of hydrogen-bond donors (Lipinski definition) is 0. The average Bonchev–Trinajstić information content (AvgIpc) is 2.93. The van der Waals surface area contributed by atoms with E-state index in [-0.39, 0.29) is 5.41 Å². The minimum absolute atomic E-state index is 0.150. The van der Waals surface area contributed by atoms with Gasteiger partial charge in [0, 0.05) is 27.1 Å². The van der Waals surface area contributed by atoms with Gasteiger partial charge < -0.3 is 4.57 Å². The summed E-state index contributed by atoms with van der Waals surface area (Å²) in [5.41, 5.74) is 7.19. The molecule has 4 aromatic rings. The Morgan fingerprint density at radius 1 is 0.885 bits per heavy atom. The molecule has 3 aromatic carbocycles. The number of benzene rings is 3. The van der Waals surface area contributed by atoms with Crippen molar-refractivity contribution in [3.8, 4) is 16.8 Å². The summed E-state index contributed by atoms with van der Waals surface area (Å²) >= 11 is 10.6. The number of hydrogen-bond acceptors (Lipinski definition) is 0. The monoisotopic (exact) mass is 421 g/mol. The molecule has 1 nitrogen and oxygen atoms in total. The molecule has 5 rings (SSSR count). The van der Waals surface area contributed by atoms with Crippen molar-refractivity contribution in [2.45, 2.75) is 19.3 Å². The quantitative estimate of drug-likeness (QED) is 0.302. The van der Waals surface area contributed by atoms with Gasteiger partial charge in [-0.25, -0.2) is 0 Å². The van der Waals surface area contributed by atoms with Crippen LogP contribution in [-0.2, 0) is 5.41 Å². The van der Waals surface area contributed by atoms with Gasteiger partial charge in [-0.1, -0.05) is 67.9 Å².